The van der Waals surface area contributed by atoms with Crippen molar-refractivity contribution in [2.45, 2.75) is 25.7 Å². The Hall–Kier alpha value is -1.69. The van der Waals surface area contributed by atoms with Gasteiger partial charge in [0.15, 0.2) is 0 Å². The lowest BCUT2D eigenvalue weighted by Crippen LogP contribution is -3.00. The summed E-state index contributed by atoms with van der Waals surface area (Å²) < 4.78 is 0. The lowest BCUT2D eigenvalue weighted by atomic mass is 10.2. The zero-order valence-electron chi connectivity index (χ0n) is 15.8. The number of hydrogen-bond donors (Lipinski definition) is 0. The second-order valence-corrected chi connectivity index (χ2v) is 10.3. The highest BCUT2D eigenvalue weighted by Crippen LogP contribution is 2.55. The third-order valence-electron chi connectivity index (χ3n) is 4.99. The first-order valence-corrected chi connectivity index (χ1v) is 11.5. The van der Waals surface area contributed by atoms with Gasteiger partial charge >= 0.3 is 0 Å². The molecular formula is C25H28BrP. The second-order valence-electron chi connectivity index (χ2n) is 6.68. The molecule has 3 aromatic carbocycles. The Balaban J connectivity index is 0.00000261. The molecule has 0 N–H and O–H groups in total. The normalized spacial score (nSPS) is 10.8. The van der Waals surface area contributed by atoms with E-state index in [0.29, 0.717) is 0 Å². The molecule has 0 bridgehead atoms. The van der Waals surface area contributed by atoms with Crippen LogP contribution in [-0.2, 0) is 0 Å². The van der Waals surface area contributed by atoms with E-state index in [0.717, 1.165) is 6.42 Å². The van der Waals surface area contributed by atoms with Crippen molar-refractivity contribution in [2.75, 3.05) is 6.16 Å². The van der Waals surface area contributed by atoms with Crippen LogP contribution in [0.2, 0.25) is 0 Å². The summed E-state index contributed by atoms with van der Waals surface area (Å²) in [4.78, 5) is 0. The van der Waals surface area contributed by atoms with Crippen molar-refractivity contribution in [3.05, 3.63) is 104 Å². The minimum Gasteiger partial charge on any atom is -1.00 e. The molecule has 0 atom stereocenters. The summed E-state index contributed by atoms with van der Waals surface area (Å²) in [6, 6.07) is 33.5. The molecule has 3 aromatic rings. The van der Waals surface area contributed by atoms with Gasteiger partial charge in [-0.05, 0) is 62.1 Å². The van der Waals surface area contributed by atoms with Crippen LogP contribution >= 0.6 is 7.26 Å². The smallest absolute Gasteiger partial charge is 0.112 e. The minimum absolute atomic E-state index is 0. The summed E-state index contributed by atoms with van der Waals surface area (Å²) in [5, 5.41) is 4.46. The molecule has 0 saturated heterocycles. The van der Waals surface area contributed by atoms with Gasteiger partial charge in [-0.15, -0.1) is 6.58 Å². The standard InChI is InChI=1S/C25H28P.BrH/c1-2-3-4-5-15-22-26(23-16-9-6-10-17-23,24-18-11-7-12-19-24)25-20-13-8-14-21-25;/h2,6-14,16-21H,1,3-5,15,22H2;1H/q+1;/p-1. The number of hydrogen-bond acceptors (Lipinski definition) is 0. The Labute approximate surface area is 175 Å². The molecule has 0 nitrogen and oxygen atoms in total. The average Bonchev–Trinajstić information content (AvgIpc) is 2.73. The summed E-state index contributed by atoms with van der Waals surface area (Å²) in [5.41, 5.74) is 0. The van der Waals surface area contributed by atoms with Crippen LogP contribution in [0, 0.1) is 0 Å². The van der Waals surface area contributed by atoms with E-state index < -0.39 is 7.26 Å². The molecular weight excluding hydrogens is 411 g/mol. The summed E-state index contributed by atoms with van der Waals surface area (Å²) in [6.45, 7) is 3.86. The van der Waals surface area contributed by atoms with Crippen LogP contribution in [0.1, 0.15) is 25.7 Å². The van der Waals surface area contributed by atoms with E-state index in [1.807, 2.05) is 6.08 Å². The predicted molar refractivity (Wildman–Crippen MR) is 119 cm³/mol. The molecule has 0 fully saturated rings. The quantitative estimate of drug-likeness (QED) is 0.273. The molecule has 0 radical (unpaired) electrons. The summed E-state index contributed by atoms with van der Waals surface area (Å²) >= 11 is 0. The van der Waals surface area contributed by atoms with E-state index in [1.54, 1.807) is 0 Å². The number of unbranched alkanes of at least 4 members (excludes halogenated alkanes) is 3. The van der Waals surface area contributed by atoms with Gasteiger partial charge in [0.25, 0.3) is 0 Å². The van der Waals surface area contributed by atoms with Crippen molar-refractivity contribution in [2.24, 2.45) is 0 Å². The highest BCUT2D eigenvalue weighted by molar-refractivity contribution is 7.95. The number of allylic oxidation sites excluding steroid dienone is 1. The Morgan fingerprint density at radius 3 is 1.37 bits per heavy atom. The van der Waals surface area contributed by atoms with E-state index >= 15 is 0 Å². The minimum atomic E-state index is -1.63. The van der Waals surface area contributed by atoms with Gasteiger partial charge in [-0.1, -0.05) is 60.7 Å². The third-order valence-corrected chi connectivity index (χ3v) is 9.52. The molecule has 0 aliphatic carbocycles. The molecule has 140 valence electrons. The maximum atomic E-state index is 3.86. The molecule has 3 rings (SSSR count). The summed E-state index contributed by atoms with van der Waals surface area (Å²) in [7, 11) is -1.63. The van der Waals surface area contributed by atoms with Gasteiger partial charge in [0, 0.05) is 0 Å². The number of halogens is 1. The van der Waals surface area contributed by atoms with E-state index in [4.69, 9.17) is 0 Å². The molecule has 0 aliphatic heterocycles. The maximum absolute atomic E-state index is 3.86. The van der Waals surface area contributed by atoms with Crippen molar-refractivity contribution >= 4 is 23.2 Å². The van der Waals surface area contributed by atoms with Crippen LogP contribution in [0.4, 0.5) is 0 Å². The second kappa shape index (κ2) is 11.2. The molecule has 0 heterocycles. The number of rotatable bonds is 9. The van der Waals surface area contributed by atoms with Gasteiger partial charge in [0.05, 0.1) is 6.16 Å². The summed E-state index contributed by atoms with van der Waals surface area (Å²) in [5.74, 6) is 0. The van der Waals surface area contributed by atoms with Gasteiger partial charge in [0.1, 0.15) is 23.2 Å². The largest absolute Gasteiger partial charge is 1.00 e. The predicted octanol–water partition coefficient (Wildman–Crippen LogP) is 2.73. The number of benzene rings is 3. The lowest BCUT2D eigenvalue weighted by Gasteiger charge is -2.27. The fraction of sp³-hybridized carbons (Fsp3) is 0.200. The first-order valence-electron chi connectivity index (χ1n) is 9.54. The van der Waals surface area contributed by atoms with Crippen LogP contribution in [0.25, 0.3) is 0 Å². The van der Waals surface area contributed by atoms with Gasteiger partial charge in [-0.25, -0.2) is 0 Å². The monoisotopic (exact) mass is 438 g/mol. The molecule has 27 heavy (non-hydrogen) atoms. The van der Waals surface area contributed by atoms with Gasteiger partial charge < -0.3 is 17.0 Å². The molecule has 0 unspecified atom stereocenters. The van der Waals surface area contributed by atoms with Crippen molar-refractivity contribution < 1.29 is 17.0 Å². The summed E-state index contributed by atoms with van der Waals surface area (Å²) in [6.07, 6.45) is 8.13. The van der Waals surface area contributed by atoms with Crippen molar-refractivity contribution in [3.8, 4) is 0 Å². The van der Waals surface area contributed by atoms with Crippen LogP contribution < -0.4 is 32.9 Å². The molecule has 0 amide bonds. The lowest BCUT2D eigenvalue weighted by molar-refractivity contribution is -0.00000512. The van der Waals surface area contributed by atoms with E-state index in [-0.39, 0.29) is 17.0 Å². The zero-order chi connectivity index (χ0) is 18.1. The highest BCUT2D eigenvalue weighted by atomic mass is 79.9. The fourth-order valence-corrected chi connectivity index (χ4v) is 8.11. The van der Waals surface area contributed by atoms with Crippen molar-refractivity contribution in [1.82, 2.24) is 0 Å². The van der Waals surface area contributed by atoms with E-state index in [9.17, 15) is 0 Å². The maximum Gasteiger partial charge on any atom is 0.112 e. The highest BCUT2D eigenvalue weighted by Gasteiger charge is 2.44. The van der Waals surface area contributed by atoms with E-state index in [1.165, 1.54) is 41.3 Å². The Kier molecular flexibility index (Phi) is 8.98. The van der Waals surface area contributed by atoms with Crippen LogP contribution in [0.3, 0.4) is 0 Å². The third kappa shape index (κ3) is 5.18. The van der Waals surface area contributed by atoms with Crippen LogP contribution in [-0.4, -0.2) is 6.16 Å². The molecule has 2 heteroatoms. The first-order chi connectivity index (χ1) is 12.9. The topological polar surface area (TPSA) is 0 Å². The van der Waals surface area contributed by atoms with Gasteiger partial charge in [0.2, 0.25) is 0 Å². The molecule has 0 spiro atoms. The Morgan fingerprint density at radius 1 is 0.593 bits per heavy atom. The van der Waals surface area contributed by atoms with Crippen LogP contribution in [0.15, 0.2) is 104 Å². The first kappa shape index (κ1) is 21.6. The SMILES string of the molecule is C=CCCCCC[P+](c1ccccc1)(c1ccccc1)c1ccccc1.[Br-]. The van der Waals surface area contributed by atoms with E-state index in [2.05, 4.69) is 97.6 Å². The molecule has 0 saturated carbocycles. The van der Waals surface area contributed by atoms with Crippen molar-refractivity contribution in [1.29, 1.82) is 0 Å². The zero-order valence-corrected chi connectivity index (χ0v) is 18.3. The molecule has 0 aromatic heterocycles. The average molecular weight is 439 g/mol. The van der Waals surface area contributed by atoms with Crippen molar-refractivity contribution in [3.63, 3.8) is 0 Å². The van der Waals surface area contributed by atoms with Crippen LogP contribution in [0.5, 0.6) is 0 Å². The van der Waals surface area contributed by atoms with Gasteiger partial charge in [-0.2, -0.15) is 0 Å². The van der Waals surface area contributed by atoms with Gasteiger partial charge in [-0.3, -0.25) is 0 Å². The Morgan fingerprint density at radius 2 is 1.00 bits per heavy atom. The Bertz CT molecular complexity index is 688. The fourth-order valence-electron chi connectivity index (χ4n) is 3.70. The molecule has 0 aliphatic rings.